The van der Waals surface area contributed by atoms with E-state index in [1.54, 1.807) is 0 Å². The normalized spacial score (nSPS) is 11.7. The molecular weight excluding hydrogens is 560 g/mol. The number of hydrogen-bond acceptors (Lipinski definition) is 6. The van der Waals surface area contributed by atoms with Gasteiger partial charge in [-0.05, 0) is 110 Å². The lowest BCUT2D eigenvalue weighted by Gasteiger charge is -2.09. The average molecular weight is 587 g/mol. The number of aryl methyl sites for hydroxylation is 6. The smallest absolute Gasteiger partial charge is 0.345 e. The standard InChI is InChI=1S/C36H27ClN2O4/c1-20-3-9-31-27(11-20)33-29(35(40)42-31)16-24(18-38-33)7-5-22-13-23(15-26(37)14-22)6-8-25-17-30-34(39-19-25)28-12-21(2)4-10-32(28)43-36(30)41/h3-4,9-19H,5-8H2,1-2H3. The Balaban J connectivity index is 1.10. The second-order valence-electron chi connectivity index (χ2n) is 11.2. The first kappa shape index (κ1) is 27.0. The van der Waals surface area contributed by atoms with Gasteiger partial charge in [0.15, 0.2) is 0 Å². The van der Waals surface area contributed by atoms with E-state index in [1.165, 1.54) is 0 Å². The summed E-state index contributed by atoms with van der Waals surface area (Å²) in [5.41, 5.74) is 7.92. The molecule has 6 nitrogen and oxygen atoms in total. The third kappa shape index (κ3) is 5.30. The van der Waals surface area contributed by atoms with Gasteiger partial charge >= 0.3 is 11.3 Å². The lowest BCUT2D eigenvalue weighted by Crippen LogP contribution is -2.03. The summed E-state index contributed by atoms with van der Waals surface area (Å²) < 4.78 is 11.1. The Labute approximate surface area is 251 Å². The fraction of sp³-hybridized carbons (Fsp3) is 0.167. The van der Waals surface area contributed by atoms with Crippen LogP contribution in [0.4, 0.5) is 0 Å². The van der Waals surface area contributed by atoms with Crippen LogP contribution in [0.2, 0.25) is 5.02 Å². The topological polar surface area (TPSA) is 86.2 Å². The highest BCUT2D eigenvalue weighted by Gasteiger charge is 2.12. The number of benzene rings is 3. The van der Waals surface area contributed by atoms with Crippen molar-refractivity contribution >= 4 is 55.3 Å². The van der Waals surface area contributed by atoms with Gasteiger partial charge < -0.3 is 8.83 Å². The van der Waals surface area contributed by atoms with Crippen LogP contribution in [-0.2, 0) is 25.7 Å². The predicted molar refractivity (Wildman–Crippen MR) is 171 cm³/mol. The molecule has 0 bridgehead atoms. The minimum absolute atomic E-state index is 0.380. The van der Waals surface area contributed by atoms with E-state index in [0.29, 0.717) is 50.8 Å². The van der Waals surface area contributed by atoms with E-state index in [-0.39, 0.29) is 11.3 Å². The molecule has 0 fully saturated rings. The van der Waals surface area contributed by atoms with Gasteiger partial charge in [-0.2, -0.15) is 0 Å². The minimum Gasteiger partial charge on any atom is -0.422 e. The molecule has 7 aromatic rings. The zero-order valence-electron chi connectivity index (χ0n) is 23.7. The molecule has 0 atom stereocenters. The second kappa shape index (κ2) is 10.8. The fourth-order valence-corrected chi connectivity index (χ4v) is 6.04. The van der Waals surface area contributed by atoms with Crippen LogP contribution in [0.3, 0.4) is 0 Å². The third-order valence-corrected chi connectivity index (χ3v) is 8.15. The van der Waals surface area contributed by atoms with Crippen molar-refractivity contribution in [3.63, 3.8) is 0 Å². The van der Waals surface area contributed by atoms with Crippen molar-refractivity contribution in [2.24, 2.45) is 0 Å². The molecule has 43 heavy (non-hydrogen) atoms. The summed E-state index contributed by atoms with van der Waals surface area (Å²) in [4.78, 5) is 34.7. The van der Waals surface area contributed by atoms with Crippen LogP contribution >= 0.6 is 11.6 Å². The molecular formula is C36H27ClN2O4. The maximum absolute atomic E-state index is 12.7. The first-order valence-corrected chi connectivity index (χ1v) is 14.6. The van der Waals surface area contributed by atoms with Crippen molar-refractivity contribution in [2.45, 2.75) is 39.5 Å². The molecule has 0 aliphatic heterocycles. The third-order valence-electron chi connectivity index (χ3n) is 7.94. The minimum atomic E-state index is -0.380. The van der Waals surface area contributed by atoms with Crippen LogP contribution in [0.1, 0.15) is 33.4 Å². The molecule has 0 spiro atoms. The maximum atomic E-state index is 12.7. The van der Waals surface area contributed by atoms with Crippen molar-refractivity contribution in [1.29, 1.82) is 0 Å². The molecule has 0 aliphatic carbocycles. The van der Waals surface area contributed by atoms with Gasteiger partial charge in [-0.3, -0.25) is 9.97 Å². The van der Waals surface area contributed by atoms with Gasteiger partial charge in [-0.1, -0.05) is 40.9 Å². The highest BCUT2D eigenvalue weighted by atomic mass is 35.5. The molecule has 0 amide bonds. The van der Waals surface area contributed by atoms with Crippen LogP contribution in [0.15, 0.2) is 97.5 Å². The summed E-state index contributed by atoms with van der Waals surface area (Å²) in [6, 6.07) is 21.3. The van der Waals surface area contributed by atoms with Gasteiger partial charge in [0.25, 0.3) is 0 Å². The summed E-state index contributed by atoms with van der Waals surface area (Å²) >= 11 is 6.52. The van der Waals surface area contributed by atoms with Crippen molar-refractivity contribution in [3.8, 4) is 0 Å². The maximum Gasteiger partial charge on any atom is 0.345 e. The Hall–Kier alpha value is -4.81. The summed E-state index contributed by atoms with van der Waals surface area (Å²) in [5, 5.41) is 3.33. The molecule has 4 aromatic heterocycles. The molecule has 4 heterocycles. The molecule has 0 N–H and O–H groups in total. The van der Waals surface area contributed by atoms with E-state index in [1.807, 2.05) is 86.9 Å². The number of aromatic nitrogens is 2. The van der Waals surface area contributed by atoms with Crippen molar-refractivity contribution in [3.05, 3.63) is 138 Å². The van der Waals surface area contributed by atoms with E-state index in [9.17, 15) is 9.59 Å². The summed E-state index contributed by atoms with van der Waals surface area (Å²) in [6.07, 6.45) is 6.55. The Morgan fingerprint density at radius 1 is 0.558 bits per heavy atom. The van der Waals surface area contributed by atoms with Crippen LogP contribution in [0.25, 0.3) is 43.7 Å². The highest BCUT2D eigenvalue weighted by Crippen LogP contribution is 2.25. The monoisotopic (exact) mass is 586 g/mol. The molecule has 0 unspecified atom stereocenters. The molecule has 0 aliphatic rings. The van der Waals surface area contributed by atoms with Crippen LogP contribution in [0, 0.1) is 13.8 Å². The van der Waals surface area contributed by atoms with Gasteiger partial charge in [0.2, 0.25) is 0 Å². The van der Waals surface area contributed by atoms with Gasteiger partial charge in [-0.15, -0.1) is 0 Å². The van der Waals surface area contributed by atoms with Crippen molar-refractivity contribution in [2.75, 3.05) is 0 Å². The Kier molecular flexibility index (Phi) is 6.79. The van der Waals surface area contributed by atoms with E-state index in [0.717, 1.165) is 57.0 Å². The van der Waals surface area contributed by atoms with E-state index in [4.69, 9.17) is 20.4 Å². The first-order chi connectivity index (χ1) is 20.8. The predicted octanol–water partition coefficient (Wildman–Crippen LogP) is 7.84. The number of fused-ring (bicyclic) bond motifs is 6. The number of rotatable bonds is 6. The highest BCUT2D eigenvalue weighted by molar-refractivity contribution is 6.30. The molecule has 0 saturated carbocycles. The molecule has 212 valence electrons. The van der Waals surface area contributed by atoms with E-state index in [2.05, 4.69) is 16.0 Å². The fourth-order valence-electron chi connectivity index (χ4n) is 5.76. The van der Waals surface area contributed by atoms with Crippen molar-refractivity contribution in [1.82, 2.24) is 9.97 Å². The van der Waals surface area contributed by atoms with Crippen LogP contribution < -0.4 is 11.3 Å². The second-order valence-corrected chi connectivity index (χ2v) is 11.7. The van der Waals surface area contributed by atoms with Crippen molar-refractivity contribution < 1.29 is 8.83 Å². The Morgan fingerprint density at radius 3 is 1.47 bits per heavy atom. The molecule has 7 rings (SSSR count). The molecule has 0 saturated heterocycles. The SMILES string of the molecule is Cc1ccc2oc(=O)c3cc(CCc4cc(Cl)cc(CCc5cnc6c(c5)c(=O)oc5ccc(C)cc56)c4)cnc3c2c1. The molecule has 7 heteroatoms. The number of halogens is 1. The zero-order chi connectivity index (χ0) is 29.7. The largest absolute Gasteiger partial charge is 0.422 e. The van der Waals surface area contributed by atoms with Gasteiger partial charge in [0.05, 0.1) is 21.8 Å². The van der Waals surface area contributed by atoms with Gasteiger partial charge in [0, 0.05) is 28.2 Å². The quantitative estimate of drug-likeness (QED) is 0.146. The summed E-state index contributed by atoms with van der Waals surface area (Å²) in [6.45, 7) is 4.01. The van der Waals surface area contributed by atoms with Crippen LogP contribution in [-0.4, -0.2) is 9.97 Å². The first-order valence-electron chi connectivity index (χ1n) is 14.2. The molecule has 3 aromatic carbocycles. The Morgan fingerprint density at radius 2 is 1.00 bits per heavy atom. The Bertz CT molecular complexity index is 2180. The van der Waals surface area contributed by atoms with Gasteiger partial charge in [-0.25, -0.2) is 9.59 Å². The van der Waals surface area contributed by atoms with Crippen LogP contribution in [0.5, 0.6) is 0 Å². The lowest BCUT2D eigenvalue weighted by molar-refractivity contribution is 0.569. The lowest BCUT2D eigenvalue weighted by atomic mass is 9.99. The van der Waals surface area contributed by atoms with Gasteiger partial charge in [0.1, 0.15) is 11.2 Å². The number of hydrogen-bond donors (Lipinski definition) is 0. The summed E-state index contributed by atoms with van der Waals surface area (Å²) in [5.74, 6) is 0. The van der Waals surface area contributed by atoms with E-state index >= 15 is 0 Å². The number of pyridine rings is 2. The number of nitrogens with zero attached hydrogens (tertiary/aromatic N) is 2. The van der Waals surface area contributed by atoms with E-state index < -0.39 is 0 Å². The summed E-state index contributed by atoms with van der Waals surface area (Å²) in [7, 11) is 0. The molecule has 0 radical (unpaired) electrons. The zero-order valence-corrected chi connectivity index (χ0v) is 24.5. The average Bonchev–Trinajstić information content (AvgIpc) is 3.00.